The van der Waals surface area contributed by atoms with E-state index in [-0.39, 0.29) is 0 Å². The molecule has 0 unspecified atom stereocenters. The molecule has 0 spiro atoms. The largest absolute Gasteiger partial charge is 0.319 e. The van der Waals surface area contributed by atoms with Gasteiger partial charge in [-0.1, -0.05) is 0 Å². The highest BCUT2D eigenvalue weighted by atomic mass is 16.6. The van der Waals surface area contributed by atoms with E-state index in [1.165, 1.54) is 0 Å². The molecule has 0 fully saturated rings. The van der Waals surface area contributed by atoms with E-state index in [9.17, 15) is 0 Å². The summed E-state index contributed by atoms with van der Waals surface area (Å²) in [6.45, 7) is 0.302. The van der Waals surface area contributed by atoms with Gasteiger partial charge in [-0.2, -0.15) is 0 Å². The Bertz CT molecular complexity index is 184. The lowest BCUT2D eigenvalue weighted by Gasteiger charge is -1.94. The fourth-order valence-electron chi connectivity index (χ4n) is 0.512. The van der Waals surface area contributed by atoms with Gasteiger partial charge in [-0.15, -0.1) is 10.2 Å². The molecule has 1 heterocycles. The number of rotatable bonds is 2. The van der Waals surface area contributed by atoms with E-state index in [0.717, 1.165) is 5.82 Å². The minimum Gasteiger partial charge on any atom is -0.319 e. The smallest absolute Gasteiger partial charge is 0.160 e. The highest BCUT2D eigenvalue weighted by Crippen LogP contribution is 1.90. The van der Waals surface area contributed by atoms with Crippen LogP contribution in [0.25, 0.3) is 0 Å². The third-order valence-corrected chi connectivity index (χ3v) is 1.02. The van der Waals surface area contributed by atoms with Gasteiger partial charge in [0.25, 0.3) is 0 Å². The Morgan fingerprint density at radius 3 is 3.11 bits per heavy atom. The van der Waals surface area contributed by atoms with Gasteiger partial charge in [-0.05, 0) is 0 Å². The van der Waals surface area contributed by atoms with Crippen LogP contribution in [0.1, 0.15) is 5.82 Å². The maximum Gasteiger partial charge on any atom is 0.160 e. The molecule has 0 aliphatic heterocycles. The van der Waals surface area contributed by atoms with Gasteiger partial charge in [0.05, 0.1) is 0 Å². The molecule has 5 heteroatoms. The van der Waals surface area contributed by atoms with E-state index in [1.807, 2.05) is 7.05 Å². The van der Waals surface area contributed by atoms with Crippen LogP contribution in [0.4, 0.5) is 0 Å². The van der Waals surface area contributed by atoms with Crippen molar-refractivity contribution in [1.29, 1.82) is 0 Å². The van der Waals surface area contributed by atoms with Crippen molar-refractivity contribution in [2.45, 2.75) is 6.61 Å². The number of hydrogen-bond acceptors (Lipinski definition) is 4. The Labute approximate surface area is 52.4 Å². The SMILES string of the molecule is Cn1cnnc1CON. The molecule has 1 aromatic rings. The molecule has 50 valence electrons. The van der Waals surface area contributed by atoms with Gasteiger partial charge in [-0.25, -0.2) is 5.90 Å². The number of hydrogen-bond donors (Lipinski definition) is 1. The van der Waals surface area contributed by atoms with E-state index < -0.39 is 0 Å². The highest BCUT2D eigenvalue weighted by molar-refractivity contribution is 4.79. The maximum atomic E-state index is 4.81. The van der Waals surface area contributed by atoms with E-state index in [0.29, 0.717) is 6.61 Å². The molecule has 1 aromatic heterocycles. The van der Waals surface area contributed by atoms with Gasteiger partial charge in [0.1, 0.15) is 12.9 Å². The molecule has 0 aliphatic rings. The van der Waals surface area contributed by atoms with Crippen LogP contribution in [0.2, 0.25) is 0 Å². The minimum absolute atomic E-state index is 0.302. The summed E-state index contributed by atoms with van der Waals surface area (Å²) in [5.41, 5.74) is 0. The Balaban J connectivity index is 2.69. The second kappa shape index (κ2) is 2.56. The molecule has 0 amide bonds. The molecular formula is C4H8N4O. The molecule has 0 aliphatic carbocycles. The van der Waals surface area contributed by atoms with Gasteiger partial charge in [-0.3, -0.25) is 4.84 Å². The molecule has 9 heavy (non-hydrogen) atoms. The summed E-state index contributed by atoms with van der Waals surface area (Å²) in [4.78, 5) is 4.34. The average Bonchev–Trinajstić information content (AvgIpc) is 2.18. The van der Waals surface area contributed by atoms with Crippen LogP contribution in [0.3, 0.4) is 0 Å². The molecule has 2 N–H and O–H groups in total. The fraction of sp³-hybridized carbons (Fsp3) is 0.500. The van der Waals surface area contributed by atoms with Crippen molar-refractivity contribution >= 4 is 0 Å². The molecule has 1 rings (SSSR count). The summed E-state index contributed by atoms with van der Waals surface area (Å²) in [7, 11) is 1.83. The van der Waals surface area contributed by atoms with E-state index >= 15 is 0 Å². The summed E-state index contributed by atoms with van der Waals surface area (Å²) >= 11 is 0. The minimum atomic E-state index is 0.302. The molecule has 0 atom stereocenters. The maximum absolute atomic E-state index is 4.81. The van der Waals surface area contributed by atoms with Crippen LogP contribution in [-0.2, 0) is 18.5 Å². The van der Waals surface area contributed by atoms with Crippen LogP contribution < -0.4 is 5.90 Å². The Morgan fingerprint density at radius 1 is 1.89 bits per heavy atom. The van der Waals surface area contributed by atoms with Gasteiger partial charge >= 0.3 is 0 Å². The second-order valence-electron chi connectivity index (χ2n) is 1.67. The number of aromatic nitrogens is 3. The summed E-state index contributed by atoms with van der Waals surface area (Å²) in [5, 5.41) is 7.33. The first-order valence-corrected chi connectivity index (χ1v) is 2.49. The Kier molecular flexibility index (Phi) is 1.76. The predicted molar refractivity (Wildman–Crippen MR) is 30.0 cm³/mol. The molecule has 0 bridgehead atoms. The van der Waals surface area contributed by atoms with E-state index in [2.05, 4.69) is 15.0 Å². The van der Waals surface area contributed by atoms with Crippen molar-refractivity contribution in [2.75, 3.05) is 0 Å². The van der Waals surface area contributed by atoms with Gasteiger partial charge in [0, 0.05) is 7.05 Å². The van der Waals surface area contributed by atoms with Crippen LogP contribution >= 0.6 is 0 Å². The van der Waals surface area contributed by atoms with Crippen molar-refractivity contribution in [3.63, 3.8) is 0 Å². The molecule has 0 saturated heterocycles. The Morgan fingerprint density at radius 2 is 2.67 bits per heavy atom. The van der Waals surface area contributed by atoms with Crippen LogP contribution in [0.15, 0.2) is 6.33 Å². The standard InChI is InChI=1S/C4H8N4O/c1-8-3-6-7-4(8)2-9-5/h3H,2,5H2,1H3. The quantitative estimate of drug-likeness (QED) is 0.530. The van der Waals surface area contributed by atoms with E-state index in [1.54, 1.807) is 10.9 Å². The predicted octanol–water partition coefficient (Wildman–Crippen LogP) is -0.795. The third-order valence-electron chi connectivity index (χ3n) is 1.02. The van der Waals surface area contributed by atoms with Crippen molar-refractivity contribution in [3.8, 4) is 0 Å². The van der Waals surface area contributed by atoms with Gasteiger partial charge < -0.3 is 4.57 Å². The highest BCUT2D eigenvalue weighted by Gasteiger charge is 1.96. The van der Waals surface area contributed by atoms with Crippen LogP contribution in [-0.4, -0.2) is 14.8 Å². The van der Waals surface area contributed by atoms with Crippen molar-refractivity contribution in [1.82, 2.24) is 14.8 Å². The molecule has 0 radical (unpaired) electrons. The molecule has 0 saturated carbocycles. The monoisotopic (exact) mass is 128 g/mol. The number of nitrogens with two attached hydrogens (primary N) is 1. The fourth-order valence-corrected chi connectivity index (χ4v) is 0.512. The van der Waals surface area contributed by atoms with Crippen molar-refractivity contribution in [2.24, 2.45) is 12.9 Å². The zero-order valence-electron chi connectivity index (χ0n) is 5.11. The molecule has 0 aromatic carbocycles. The topological polar surface area (TPSA) is 66.0 Å². The molecular weight excluding hydrogens is 120 g/mol. The van der Waals surface area contributed by atoms with Gasteiger partial charge in [0.2, 0.25) is 0 Å². The normalized spacial score (nSPS) is 10.0. The van der Waals surface area contributed by atoms with Crippen molar-refractivity contribution in [3.05, 3.63) is 12.2 Å². The summed E-state index contributed by atoms with van der Waals surface area (Å²) in [6, 6.07) is 0. The first-order chi connectivity index (χ1) is 4.34. The summed E-state index contributed by atoms with van der Waals surface area (Å²) in [6.07, 6.45) is 1.59. The lowest BCUT2D eigenvalue weighted by atomic mass is 10.6. The van der Waals surface area contributed by atoms with Crippen LogP contribution in [0, 0.1) is 0 Å². The van der Waals surface area contributed by atoms with Gasteiger partial charge in [0.15, 0.2) is 5.82 Å². The van der Waals surface area contributed by atoms with Crippen molar-refractivity contribution < 1.29 is 4.84 Å². The van der Waals surface area contributed by atoms with E-state index in [4.69, 9.17) is 5.90 Å². The first kappa shape index (κ1) is 6.18. The second-order valence-corrected chi connectivity index (χ2v) is 1.67. The lowest BCUT2D eigenvalue weighted by molar-refractivity contribution is 0.116. The van der Waals surface area contributed by atoms with Crippen LogP contribution in [0.5, 0.6) is 0 Å². The lowest BCUT2D eigenvalue weighted by Crippen LogP contribution is -2.04. The first-order valence-electron chi connectivity index (χ1n) is 2.49. The average molecular weight is 128 g/mol. The number of nitrogens with zero attached hydrogens (tertiary/aromatic N) is 3. The third kappa shape index (κ3) is 1.24. The summed E-state index contributed by atoms with van der Waals surface area (Å²) in [5.74, 6) is 5.53. The number of aryl methyl sites for hydroxylation is 1. The zero-order valence-corrected chi connectivity index (χ0v) is 5.11. The Hall–Kier alpha value is -0.940. The zero-order chi connectivity index (χ0) is 6.69. The molecule has 5 nitrogen and oxygen atoms in total. The summed E-state index contributed by atoms with van der Waals surface area (Å²) < 4.78 is 1.74.